The van der Waals surface area contributed by atoms with Crippen molar-refractivity contribution in [1.82, 2.24) is 19.7 Å². The van der Waals surface area contributed by atoms with Crippen molar-refractivity contribution in [3.8, 4) is 0 Å². The summed E-state index contributed by atoms with van der Waals surface area (Å²) in [6.45, 7) is 7.88. The molecule has 0 saturated carbocycles. The molecule has 0 aliphatic carbocycles. The van der Waals surface area contributed by atoms with Crippen molar-refractivity contribution in [3.63, 3.8) is 0 Å². The van der Waals surface area contributed by atoms with Crippen LogP contribution in [0, 0.1) is 5.92 Å². The van der Waals surface area contributed by atoms with Crippen LogP contribution in [-0.4, -0.2) is 60.6 Å². The molecule has 0 amide bonds. The highest BCUT2D eigenvalue weighted by atomic mass is 15.3. The van der Waals surface area contributed by atoms with Crippen molar-refractivity contribution in [3.05, 3.63) is 24.0 Å². The van der Waals surface area contributed by atoms with Crippen molar-refractivity contribution < 1.29 is 0 Å². The standard InChI is InChI=1S/C18H33N5/c1-5-23-13-9-16(10-14-23)8-11-20-18(19-2)22(4)15-17-7-6-12-21(17)3/h6-7,12,16H,5,8-11,13-15H2,1-4H3,(H,19,20). The predicted molar refractivity (Wildman–Crippen MR) is 97.7 cm³/mol. The number of aryl methyl sites for hydroxylation is 1. The summed E-state index contributed by atoms with van der Waals surface area (Å²) in [4.78, 5) is 9.16. The molecule has 1 aromatic rings. The van der Waals surface area contributed by atoms with E-state index >= 15 is 0 Å². The first-order chi connectivity index (χ1) is 11.1. The average Bonchev–Trinajstić information content (AvgIpc) is 2.97. The lowest BCUT2D eigenvalue weighted by molar-refractivity contribution is 0.187. The Bertz CT molecular complexity index is 485. The molecule has 1 aliphatic rings. The number of likely N-dealkylation sites (tertiary alicyclic amines) is 1. The zero-order valence-corrected chi connectivity index (χ0v) is 15.3. The van der Waals surface area contributed by atoms with E-state index in [0.29, 0.717) is 0 Å². The van der Waals surface area contributed by atoms with E-state index < -0.39 is 0 Å². The molecular weight excluding hydrogens is 286 g/mol. The number of aromatic nitrogens is 1. The predicted octanol–water partition coefficient (Wildman–Crippen LogP) is 2.15. The molecule has 1 aliphatic heterocycles. The van der Waals surface area contributed by atoms with E-state index in [1.165, 1.54) is 44.6 Å². The maximum Gasteiger partial charge on any atom is 0.193 e. The highest BCUT2D eigenvalue weighted by Crippen LogP contribution is 2.19. The first-order valence-electron chi connectivity index (χ1n) is 8.88. The van der Waals surface area contributed by atoms with Gasteiger partial charge in [0.15, 0.2) is 5.96 Å². The van der Waals surface area contributed by atoms with Crippen molar-refractivity contribution in [2.24, 2.45) is 18.0 Å². The van der Waals surface area contributed by atoms with E-state index in [1.54, 1.807) is 0 Å². The zero-order chi connectivity index (χ0) is 16.7. The Hall–Kier alpha value is -1.49. The van der Waals surface area contributed by atoms with Gasteiger partial charge in [-0.25, -0.2) is 0 Å². The second kappa shape index (κ2) is 8.96. The van der Waals surface area contributed by atoms with Gasteiger partial charge in [-0.15, -0.1) is 0 Å². The first kappa shape index (κ1) is 17.9. The normalized spacial score (nSPS) is 17.5. The number of hydrogen-bond acceptors (Lipinski definition) is 2. The van der Waals surface area contributed by atoms with Gasteiger partial charge in [-0.1, -0.05) is 6.92 Å². The summed E-state index contributed by atoms with van der Waals surface area (Å²) in [7, 11) is 6.05. The number of aliphatic imine (C=N–C) groups is 1. The summed E-state index contributed by atoms with van der Waals surface area (Å²) in [5.41, 5.74) is 1.29. The quantitative estimate of drug-likeness (QED) is 0.645. The molecule has 2 rings (SSSR count). The van der Waals surface area contributed by atoms with Gasteiger partial charge in [0.05, 0.1) is 6.54 Å². The summed E-state index contributed by atoms with van der Waals surface area (Å²) in [5.74, 6) is 1.85. The number of hydrogen-bond donors (Lipinski definition) is 1. The van der Waals surface area contributed by atoms with Crippen molar-refractivity contribution in [2.75, 3.05) is 40.3 Å². The van der Waals surface area contributed by atoms with E-state index in [9.17, 15) is 0 Å². The largest absolute Gasteiger partial charge is 0.356 e. The lowest BCUT2D eigenvalue weighted by Gasteiger charge is -2.31. The summed E-state index contributed by atoms with van der Waals surface area (Å²) >= 11 is 0. The zero-order valence-electron chi connectivity index (χ0n) is 15.3. The molecule has 2 heterocycles. The Balaban J connectivity index is 1.72. The minimum Gasteiger partial charge on any atom is -0.356 e. The van der Waals surface area contributed by atoms with Crippen LogP contribution in [0.1, 0.15) is 31.9 Å². The van der Waals surface area contributed by atoms with E-state index in [0.717, 1.165) is 25.0 Å². The lowest BCUT2D eigenvalue weighted by Crippen LogP contribution is -2.40. The Kier molecular flexibility index (Phi) is 6.96. The Morgan fingerprint density at radius 3 is 2.70 bits per heavy atom. The van der Waals surface area contributed by atoms with Gasteiger partial charge >= 0.3 is 0 Å². The number of rotatable bonds is 6. The third-order valence-corrected chi connectivity index (χ3v) is 5.01. The molecule has 0 spiro atoms. The third kappa shape index (κ3) is 5.27. The molecular formula is C18H33N5. The van der Waals surface area contributed by atoms with E-state index in [4.69, 9.17) is 0 Å². The lowest BCUT2D eigenvalue weighted by atomic mass is 9.93. The second-order valence-electron chi connectivity index (χ2n) is 6.61. The van der Waals surface area contributed by atoms with Gasteiger partial charge in [-0.3, -0.25) is 4.99 Å². The van der Waals surface area contributed by atoms with E-state index in [-0.39, 0.29) is 0 Å². The minimum atomic E-state index is 0.863. The molecule has 1 aromatic heterocycles. The first-order valence-corrected chi connectivity index (χ1v) is 8.88. The van der Waals surface area contributed by atoms with Crippen LogP contribution in [0.25, 0.3) is 0 Å². The fraction of sp³-hybridized carbons (Fsp3) is 0.722. The molecule has 1 saturated heterocycles. The summed E-state index contributed by atoms with van der Waals surface area (Å²) in [6.07, 6.45) is 6.01. The van der Waals surface area contributed by atoms with Crippen LogP contribution >= 0.6 is 0 Å². The Morgan fingerprint density at radius 1 is 1.39 bits per heavy atom. The number of nitrogens with one attached hydrogen (secondary N) is 1. The monoisotopic (exact) mass is 319 g/mol. The van der Waals surface area contributed by atoms with Crippen molar-refractivity contribution in [1.29, 1.82) is 0 Å². The van der Waals surface area contributed by atoms with Gasteiger partial charge in [-0.2, -0.15) is 0 Å². The van der Waals surface area contributed by atoms with Crippen LogP contribution in [0.5, 0.6) is 0 Å². The highest BCUT2D eigenvalue weighted by molar-refractivity contribution is 5.79. The molecule has 130 valence electrons. The summed E-state index contributed by atoms with van der Waals surface area (Å²) in [5, 5.41) is 3.53. The Labute approximate surface area is 141 Å². The maximum absolute atomic E-state index is 4.42. The number of guanidine groups is 1. The molecule has 5 heteroatoms. The van der Waals surface area contributed by atoms with E-state index in [2.05, 4.69) is 64.0 Å². The van der Waals surface area contributed by atoms with Crippen LogP contribution < -0.4 is 5.32 Å². The van der Waals surface area contributed by atoms with Crippen LogP contribution in [0.3, 0.4) is 0 Å². The SMILES string of the molecule is CCN1CCC(CCNC(=NC)N(C)Cc2cccn2C)CC1. The third-order valence-electron chi connectivity index (χ3n) is 5.01. The molecule has 23 heavy (non-hydrogen) atoms. The second-order valence-corrected chi connectivity index (χ2v) is 6.61. The van der Waals surface area contributed by atoms with Crippen LogP contribution in [0.2, 0.25) is 0 Å². The molecule has 0 atom stereocenters. The Morgan fingerprint density at radius 2 is 2.13 bits per heavy atom. The molecule has 0 radical (unpaired) electrons. The van der Waals surface area contributed by atoms with Crippen molar-refractivity contribution in [2.45, 2.75) is 32.7 Å². The molecule has 0 aromatic carbocycles. The average molecular weight is 319 g/mol. The van der Waals surface area contributed by atoms with Gasteiger partial charge in [0.25, 0.3) is 0 Å². The van der Waals surface area contributed by atoms with Crippen LogP contribution in [0.4, 0.5) is 0 Å². The molecule has 1 fully saturated rings. The van der Waals surface area contributed by atoms with Gasteiger partial charge in [0.1, 0.15) is 0 Å². The topological polar surface area (TPSA) is 35.8 Å². The van der Waals surface area contributed by atoms with Crippen molar-refractivity contribution >= 4 is 5.96 Å². The minimum absolute atomic E-state index is 0.863. The summed E-state index contributed by atoms with van der Waals surface area (Å²) in [6, 6.07) is 4.24. The van der Waals surface area contributed by atoms with Gasteiger partial charge in [-0.05, 0) is 56.9 Å². The molecule has 5 nitrogen and oxygen atoms in total. The fourth-order valence-corrected chi connectivity index (χ4v) is 3.34. The van der Waals surface area contributed by atoms with Gasteiger partial charge in [0.2, 0.25) is 0 Å². The smallest absolute Gasteiger partial charge is 0.193 e. The summed E-state index contributed by atoms with van der Waals surface area (Å²) < 4.78 is 2.16. The van der Waals surface area contributed by atoms with Gasteiger partial charge in [0, 0.05) is 39.6 Å². The van der Waals surface area contributed by atoms with Gasteiger partial charge < -0.3 is 19.7 Å². The number of nitrogens with zero attached hydrogens (tertiary/aromatic N) is 4. The molecule has 0 unspecified atom stereocenters. The fourth-order valence-electron chi connectivity index (χ4n) is 3.34. The maximum atomic E-state index is 4.42. The van der Waals surface area contributed by atoms with Crippen LogP contribution in [-0.2, 0) is 13.6 Å². The molecule has 1 N–H and O–H groups in total. The molecule has 0 bridgehead atoms. The number of piperidine rings is 1. The van der Waals surface area contributed by atoms with E-state index in [1.807, 2.05) is 7.05 Å². The highest BCUT2D eigenvalue weighted by Gasteiger charge is 2.18. The van der Waals surface area contributed by atoms with Crippen LogP contribution in [0.15, 0.2) is 23.3 Å².